The Bertz CT molecular complexity index is 1140. The van der Waals surface area contributed by atoms with Crippen LogP contribution < -0.4 is 5.32 Å². The topological polar surface area (TPSA) is 70.7 Å². The third-order valence-corrected chi connectivity index (χ3v) is 6.14. The summed E-state index contributed by atoms with van der Waals surface area (Å²) >= 11 is 0. The van der Waals surface area contributed by atoms with Crippen LogP contribution in [0.15, 0.2) is 54.6 Å². The molecule has 1 saturated carbocycles. The second-order valence-corrected chi connectivity index (χ2v) is 8.53. The normalized spacial score (nSPS) is 19.2. The molecular formula is C24H22N4O. The van der Waals surface area contributed by atoms with Crippen LogP contribution in [-0.4, -0.2) is 15.7 Å². The average molecular weight is 382 g/mol. The molecule has 2 atom stereocenters. The maximum atomic E-state index is 13.2. The Balaban J connectivity index is 1.50. The number of carbonyl (C=O) groups excluding carboxylic acids is 1. The number of carbonyl (C=O) groups is 1. The molecule has 1 fully saturated rings. The smallest absolute Gasteiger partial charge is 0.272 e. The number of nitriles is 1. The molecule has 5 rings (SSSR count). The van der Waals surface area contributed by atoms with Crippen LogP contribution >= 0.6 is 0 Å². The molecule has 1 amide bonds. The summed E-state index contributed by atoms with van der Waals surface area (Å²) in [4.78, 5) is 13.2. The van der Waals surface area contributed by atoms with Crippen LogP contribution in [0.4, 0.5) is 0 Å². The molecular weight excluding hydrogens is 360 g/mol. The number of hydrogen-bond acceptors (Lipinski definition) is 3. The van der Waals surface area contributed by atoms with Gasteiger partial charge in [0, 0.05) is 11.5 Å². The molecule has 2 aromatic carbocycles. The molecule has 1 aromatic heterocycles. The van der Waals surface area contributed by atoms with Gasteiger partial charge in [0.1, 0.15) is 0 Å². The quantitative estimate of drug-likeness (QED) is 0.739. The lowest BCUT2D eigenvalue weighted by atomic mass is 9.94. The monoisotopic (exact) mass is 382 g/mol. The number of nitrogens with one attached hydrogen (secondary N) is 1. The van der Waals surface area contributed by atoms with E-state index in [2.05, 4.69) is 11.4 Å². The van der Waals surface area contributed by atoms with Crippen LogP contribution in [0.1, 0.15) is 59.1 Å². The van der Waals surface area contributed by atoms with E-state index in [1.807, 2.05) is 61.0 Å². The van der Waals surface area contributed by atoms with Crippen LogP contribution in [0, 0.1) is 17.2 Å². The van der Waals surface area contributed by atoms with Gasteiger partial charge >= 0.3 is 0 Å². The first-order valence-electron chi connectivity index (χ1n) is 9.98. The molecule has 0 bridgehead atoms. The van der Waals surface area contributed by atoms with Gasteiger partial charge in [-0.05, 0) is 62.4 Å². The van der Waals surface area contributed by atoms with Crippen LogP contribution in [0.2, 0.25) is 0 Å². The van der Waals surface area contributed by atoms with Gasteiger partial charge in [-0.3, -0.25) is 4.79 Å². The SMILES string of the molecule is CC(C)(NC(=O)c1nn(-c2ccc(C#N)cc2)c2c1C[C@H]1C[C@@H]21)c1ccccc1. The molecule has 3 aromatic rings. The zero-order valence-electron chi connectivity index (χ0n) is 16.5. The minimum absolute atomic E-state index is 0.135. The van der Waals surface area contributed by atoms with Crippen molar-refractivity contribution in [3.05, 3.63) is 82.7 Å². The second kappa shape index (κ2) is 6.31. The first-order valence-corrected chi connectivity index (χ1v) is 9.98. The van der Waals surface area contributed by atoms with E-state index in [4.69, 9.17) is 10.4 Å². The molecule has 0 unspecified atom stereocenters. The predicted molar refractivity (Wildman–Crippen MR) is 110 cm³/mol. The van der Waals surface area contributed by atoms with Crippen LogP contribution in [-0.2, 0) is 12.0 Å². The van der Waals surface area contributed by atoms with Crippen molar-refractivity contribution in [2.75, 3.05) is 0 Å². The Morgan fingerprint density at radius 3 is 2.59 bits per heavy atom. The summed E-state index contributed by atoms with van der Waals surface area (Å²) in [5.74, 6) is 1.00. The van der Waals surface area contributed by atoms with Crippen molar-refractivity contribution in [2.24, 2.45) is 5.92 Å². The van der Waals surface area contributed by atoms with Gasteiger partial charge < -0.3 is 5.32 Å². The van der Waals surface area contributed by atoms with E-state index in [0.717, 1.165) is 23.2 Å². The molecule has 0 aliphatic heterocycles. The number of amides is 1. The van der Waals surface area contributed by atoms with Crippen LogP contribution in [0.25, 0.3) is 5.69 Å². The van der Waals surface area contributed by atoms with E-state index >= 15 is 0 Å². The standard InChI is InChI=1S/C24H22N4O/c1-24(2,17-6-4-3-5-7-17)26-23(29)21-20-13-16-12-19(16)22(20)28(27-21)18-10-8-15(14-25)9-11-18/h3-11,16,19H,12-13H2,1-2H3,(H,26,29)/t16-,19-/m1/s1. The second-order valence-electron chi connectivity index (χ2n) is 8.53. The van der Waals surface area contributed by atoms with Crippen molar-refractivity contribution in [1.29, 1.82) is 5.26 Å². The van der Waals surface area contributed by atoms with Gasteiger partial charge in [-0.2, -0.15) is 10.4 Å². The summed E-state index contributed by atoms with van der Waals surface area (Å²) in [6.45, 7) is 4.02. The Labute approximate surface area is 170 Å². The van der Waals surface area contributed by atoms with Crippen LogP contribution in [0.3, 0.4) is 0 Å². The molecule has 0 spiro atoms. The Morgan fingerprint density at radius 2 is 1.90 bits per heavy atom. The summed E-state index contributed by atoms with van der Waals surface area (Å²) in [7, 11) is 0. The van der Waals surface area contributed by atoms with Crippen LogP contribution in [0.5, 0.6) is 0 Å². The Hall–Kier alpha value is -3.39. The highest BCUT2D eigenvalue weighted by molar-refractivity contribution is 5.95. The van der Waals surface area contributed by atoms with Gasteiger partial charge in [0.05, 0.1) is 28.6 Å². The minimum Gasteiger partial charge on any atom is -0.342 e. The highest BCUT2D eigenvalue weighted by Gasteiger charge is 2.50. The summed E-state index contributed by atoms with van der Waals surface area (Å²) in [6, 6.07) is 19.5. The van der Waals surface area contributed by atoms with Crippen molar-refractivity contribution < 1.29 is 4.79 Å². The van der Waals surface area contributed by atoms with Gasteiger partial charge in [-0.1, -0.05) is 30.3 Å². The van der Waals surface area contributed by atoms with Crippen molar-refractivity contribution in [3.63, 3.8) is 0 Å². The average Bonchev–Trinajstić information content (AvgIpc) is 3.23. The van der Waals surface area contributed by atoms with E-state index in [1.54, 1.807) is 12.1 Å². The molecule has 5 heteroatoms. The van der Waals surface area contributed by atoms with Gasteiger partial charge in [-0.25, -0.2) is 4.68 Å². The molecule has 144 valence electrons. The Kier molecular flexibility index (Phi) is 3.85. The summed E-state index contributed by atoms with van der Waals surface area (Å²) < 4.78 is 1.92. The zero-order chi connectivity index (χ0) is 20.2. The molecule has 1 heterocycles. The summed E-state index contributed by atoms with van der Waals surface area (Å²) in [5, 5.41) is 17.0. The molecule has 29 heavy (non-hydrogen) atoms. The lowest BCUT2D eigenvalue weighted by Crippen LogP contribution is -2.41. The maximum Gasteiger partial charge on any atom is 0.272 e. The highest BCUT2D eigenvalue weighted by atomic mass is 16.2. The van der Waals surface area contributed by atoms with Crippen molar-refractivity contribution in [3.8, 4) is 11.8 Å². The van der Waals surface area contributed by atoms with Crippen molar-refractivity contribution in [2.45, 2.75) is 38.1 Å². The fourth-order valence-corrected chi connectivity index (χ4v) is 4.44. The first-order chi connectivity index (χ1) is 14.0. The predicted octanol–water partition coefficient (Wildman–Crippen LogP) is 4.07. The third-order valence-electron chi connectivity index (χ3n) is 6.14. The van der Waals surface area contributed by atoms with Gasteiger partial charge in [0.15, 0.2) is 5.69 Å². The minimum atomic E-state index is -0.495. The van der Waals surface area contributed by atoms with E-state index < -0.39 is 5.54 Å². The van der Waals surface area contributed by atoms with Gasteiger partial charge in [-0.15, -0.1) is 0 Å². The third kappa shape index (κ3) is 2.92. The fraction of sp³-hybridized carbons (Fsp3) is 0.292. The van der Waals surface area contributed by atoms with E-state index in [0.29, 0.717) is 23.1 Å². The summed E-state index contributed by atoms with van der Waals surface area (Å²) in [5.41, 5.74) is 4.85. The zero-order valence-corrected chi connectivity index (χ0v) is 16.5. The molecule has 0 saturated heterocycles. The van der Waals surface area contributed by atoms with Crippen molar-refractivity contribution >= 4 is 5.91 Å². The number of fused-ring (bicyclic) bond motifs is 3. The largest absolute Gasteiger partial charge is 0.342 e. The van der Waals surface area contributed by atoms with E-state index in [1.165, 1.54) is 12.1 Å². The lowest BCUT2D eigenvalue weighted by molar-refractivity contribution is 0.0905. The maximum absolute atomic E-state index is 13.2. The Morgan fingerprint density at radius 1 is 1.17 bits per heavy atom. The molecule has 0 radical (unpaired) electrons. The number of nitrogens with zero attached hydrogens (tertiary/aromatic N) is 3. The van der Waals surface area contributed by atoms with Gasteiger partial charge in [0.2, 0.25) is 0 Å². The molecule has 5 nitrogen and oxygen atoms in total. The first kappa shape index (κ1) is 17.7. The number of aromatic nitrogens is 2. The highest BCUT2D eigenvalue weighted by Crippen LogP contribution is 2.57. The molecule has 1 N–H and O–H groups in total. The van der Waals surface area contributed by atoms with E-state index in [-0.39, 0.29) is 5.91 Å². The molecule has 2 aliphatic carbocycles. The number of hydrogen-bond donors (Lipinski definition) is 1. The lowest BCUT2D eigenvalue weighted by Gasteiger charge is -2.26. The number of benzene rings is 2. The molecule has 2 aliphatic rings. The number of rotatable bonds is 4. The van der Waals surface area contributed by atoms with Gasteiger partial charge in [0.25, 0.3) is 5.91 Å². The van der Waals surface area contributed by atoms with E-state index in [9.17, 15) is 4.79 Å². The van der Waals surface area contributed by atoms with Crippen molar-refractivity contribution in [1.82, 2.24) is 15.1 Å². The fourth-order valence-electron chi connectivity index (χ4n) is 4.44. The summed E-state index contributed by atoms with van der Waals surface area (Å²) in [6.07, 6.45) is 2.09.